The number of hydrogen-bond donors (Lipinski definition) is 2. The molecule has 0 atom stereocenters. The predicted octanol–water partition coefficient (Wildman–Crippen LogP) is 6.20. The number of ether oxygens (including phenoxy) is 1. The van der Waals surface area contributed by atoms with Crippen molar-refractivity contribution in [1.82, 2.24) is 15.6 Å². The summed E-state index contributed by atoms with van der Waals surface area (Å²) >= 11 is 12.3. The summed E-state index contributed by atoms with van der Waals surface area (Å²) in [6.07, 6.45) is 4.22. The Kier molecular flexibility index (Phi) is 7.85. The van der Waals surface area contributed by atoms with Crippen molar-refractivity contribution in [2.75, 3.05) is 6.61 Å². The smallest absolute Gasteiger partial charge is 0.339 e. The van der Waals surface area contributed by atoms with E-state index in [1.807, 2.05) is 36.4 Å². The number of para-hydroxylation sites is 1. The minimum Gasteiger partial charge on any atom is -0.452 e. The van der Waals surface area contributed by atoms with Crippen molar-refractivity contribution < 1.29 is 19.1 Å². The van der Waals surface area contributed by atoms with Crippen molar-refractivity contribution in [3.05, 3.63) is 74.9 Å². The van der Waals surface area contributed by atoms with Crippen LogP contribution in [-0.2, 0) is 16.0 Å². The molecule has 1 aliphatic rings. The van der Waals surface area contributed by atoms with Crippen molar-refractivity contribution in [1.29, 1.82) is 0 Å². The van der Waals surface area contributed by atoms with Crippen LogP contribution >= 0.6 is 23.2 Å². The number of nitrogens with one attached hydrogen (secondary N) is 2. The second kappa shape index (κ2) is 10.9. The molecule has 0 saturated carbocycles. The summed E-state index contributed by atoms with van der Waals surface area (Å²) in [5.74, 6) is -1.36. The average Bonchev–Trinajstić information content (AvgIpc) is 2.82. The Labute approximate surface area is 225 Å². The molecule has 0 saturated heterocycles. The number of allylic oxidation sites excluding steroid dienone is 1. The van der Waals surface area contributed by atoms with Crippen LogP contribution in [0.25, 0.3) is 22.6 Å². The van der Waals surface area contributed by atoms with E-state index in [1.165, 1.54) is 0 Å². The van der Waals surface area contributed by atoms with E-state index < -0.39 is 30.1 Å². The SMILES string of the molecule is CC(C)(C)NC(=O)NC(=O)COC(=O)c1c2c(nc3ccccc13)/C(=C/c1ccc(Cl)c(Cl)c1)CCC2. The van der Waals surface area contributed by atoms with E-state index >= 15 is 0 Å². The third-order valence-electron chi connectivity index (χ3n) is 5.73. The van der Waals surface area contributed by atoms with E-state index in [2.05, 4.69) is 10.6 Å². The number of esters is 1. The van der Waals surface area contributed by atoms with Crippen molar-refractivity contribution in [3.63, 3.8) is 0 Å². The second-order valence-electron chi connectivity index (χ2n) is 9.86. The molecule has 192 valence electrons. The lowest BCUT2D eigenvalue weighted by molar-refractivity contribution is -0.123. The topological polar surface area (TPSA) is 97.4 Å². The molecule has 7 nitrogen and oxygen atoms in total. The Morgan fingerprint density at radius 3 is 2.54 bits per heavy atom. The highest BCUT2D eigenvalue weighted by molar-refractivity contribution is 6.42. The van der Waals surface area contributed by atoms with Crippen LogP contribution in [0.3, 0.4) is 0 Å². The normalized spacial score (nSPS) is 14.2. The lowest BCUT2D eigenvalue weighted by Gasteiger charge is -2.22. The van der Waals surface area contributed by atoms with E-state index in [1.54, 1.807) is 32.9 Å². The first-order chi connectivity index (χ1) is 17.5. The monoisotopic (exact) mass is 539 g/mol. The highest BCUT2D eigenvalue weighted by Crippen LogP contribution is 2.37. The zero-order chi connectivity index (χ0) is 26.7. The quantitative estimate of drug-likeness (QED) is 0.384. The van der Waals surface area contributed by atoms with E-state index in [4.69, 9.17) is 32.9 Å². The minimum absolute atomic E-state index is 0.382. The number of urea groups is 1. The Morgan fingerprint density at radius 1 is 1.05 bits per heavy atom. The standard InChI is InChI=1S/C28H27Cl2N3O4/c1-28(2,3)33-27(36)32-23(34)15-37-26(35)24-18-8-4-5-10-22(18)31-25-17(7-6-9-19(24)25)13-16-11-12-20(29)21(30)14-16/h4-5,8,10-14H,6-7,9,15H2,1-3H3,(H2,32,33,34,36)/b17-13+. The number of carbonyl (C=O) groups excluding carboxylic acids is 3. The second-order valence-corrected chi connectivity index (χ2v) is 10.7. The molecule has 37 heavy (non-hydrogen) atoms. The lowest BCUT2D eigenvalue weighted by atomic mass is 9.86. The van der Waals surface area contributed by atoms with Gasteiger partial charge in [-0.2, -0.15) is 0 Å². The highest BCUT2D eigenvalue weighted by Gasteiger charge is 2.26. The summed E-state index contributed by atoms with van der Waals surface area (Å²) < 4.78 is 5.37. The van der Waals surface area contributed by atoms with Gasteiger partial charge in [0.2, 0.25) is 0 Å². The number of nitrogens with zero attached hydrogens (tertiary/aromatic N) is 1. The summed E-state index contributed by atoms with van der Waals surface area (Å²) in [7, 11) is 0. The van der Waals surface area contributed by atoms with Crippen LogP contribution in [0.15, 0.2) is 42.5 Å². The molecule has 0 unspecified atom stereocenters. The molecule has 0 bridgehead atoms. The van der Waals surface area contributed by atoms with Crippen LogP contribution in [0.1, 0.15) is 60.8 Å². The zero-order valence-corrected chi connectivity index (χ0v) is 22.3. The number of carbonyl (C=O) groups is 3. The number of benzene rings is 2. The molecule has 9 heteroatoms. The Bertz CT molecular complexity index is 1430. The van der Waals surface area contributed by atoms with E-state index in [-0.39, 0.29) is 0 Å². The Morgan fingerprint density at radius 2 is 1.81 bits per heavy atom. The lowest BCUT2D eigenvalue weighted by Crippen LogP contribution is -2.49. The first kappa shape index (κ1) is 26.6. The van der Waals surface area contributed by atoms with Crippen LogP contribution in [0, 0.1) is 0 Å². The van der Waals surface area contributed by atoms with E-state index in [0.717, 1.165) is 35.2 Å². The molecule has 1 heterocycles. The molecule has 3 aromatic rings. The first-order valence-corrected chi connectivity index (χ1v) is 12.6. The van der Waals surface area contributed by atoms with Crippen molar-refractivity contribution >= 4 is 63.7 Å². The Balaban J connectivity index is 1.64. The summed E-state index contributed by atoms with van der Waals surface area (Å²) in [6.45, 7) is 4.78. The molecule has 2 aromatic carbocycles. The maximum atomic E-state index is 13.3. The fourth-order valence-electron chi connectivity index (χ4n) is 4.25. The van der Waals surface area contributed by atoms with Gasteiger partial charge in [-0.3, -0.25) is 10.1 Å². The van der Waals surface area contributed by atoms with Gasteiger partial charge in [-0.25, -0.2) is 14.6 Å². The third-order valence-corrected chi connectivity index (χ3v) is 6.47. The molecule has 3 amide bonds. The van der Waals surface area contributed by atoms with Crippen LogP contribution in [-0.4, -0.2) is 35.0 Å². The first-order valence-electron chi connectivity index (χ1n) is 11.9. The zero-order valence-electron chi connectivity index (χ0n) is 20.8. The number of aromatic nitrogens is 1. The molecular formula is C28H27Cl2N3O4. The summed E-state index contributed by atoms with van der Waals surface area (Å²) in [6, 6.07) is 12.1. The van der Waals surface area contributed by atoms with Crippen molar-refractivity contribution in [2.24, 2.45) is 0 Å². The van der Waals surface area contributed by atoms with Gasteiger partial charge < -0.3 is 10.1 Å². The van der Waals surface area contributed by atoms with Crippen LogP contribution in [0.5, 0.6) is 0 Å². The van der Waals surface area contributed by atoms with Gasteiger partial charge in [-0.15, -0.1) is 0 Å². The molecular weight excluding hydrogens is 513 g/mol. The average molecular weight is 540 g/mol. The van der Waals surface area contributed by atoms with Gasteiger partial charge in [-0.1, -0.05) is 47.5 Å². The molecule has 2 N–H and O–H groups in total. The number of fused-ring (bicyclic) bond motifs is 2. The fourth-order valence-corrected chi connectivity index (χ4v) is 4.56. The van der Waals surface area contributed by atoms with Crippen LogP contribution in [0.2, 0.25) is 10.0 Å². The van der Waals surface area contributed by atoms with Crippen LogP contribution in [0.4, 0.5) is 4.79 Å². The van der Waals surface area contributed by atoms with Gasteiger partial charge in [0.05, 0.1) is 26.8 Å². The van der Waals surface area contributed by atoms with Crippen LogP contribution < -0.4 is 10.6 Å². The van der Waals surface area contributed by atoms with Gasteiger partial charge in [0.1, 0.15) is 0 Å². The molecule has 1 aliphatic carbocycles. The summed E-state index contributed by atoms with van der Waals surface area (Å²) in [5.41, 5.74) is 3.84. The third kappa shape index (κ3) is 6.48. The molecule has 0 radical (unpaired) electrons. The molecule has 0 spiro atoms. The number of halogens is 2. The molecule has 1 aromatic heterocycles. The van der Waals surface area contributed by atoms with Crippen molar-refractivity contribution in [3.8, 4) is 0 Å². The fraction of sp³-hybridized carbons (Fsp3) is 0.286. The van der Waals surface area contributed by atoms with Gasteiger partial charge in [0.15, 0.2) is 6.61 Å². The number of pyridine rings is 1. The number of amides is 3. The van der Waals surface area contributed by atoms with E-state index in [9.17, 15) is 14.4 Å². The predicted molar refractivity (Wildman–Crippen MR) is 146 cm³/mol. The highest BCUT2D eigenvalue weighted by atomic mass is 35.5. The largest absolute Gasteiger partial charge is 0.452 e. The number of rotatable bonds is 4. The van der Waals surface area contributed by atoms with Gasteiger partial charge >= 0.3 is 12.0 Å². The Hall–Kier alpha value is -3.42. The van der Waals surface area contributed by atoms with Crippen molar-refractivity contribution in [2.45, 2.75) is 45.6 Å². The maximum Gasteiger partial charge on any atom is 0.339 e. The minimum atomic E-state index is -0.720. The summed E-state index contributed by atoms with van der Waals surface area (Å²) in [4.78, 5) is 42.4. The summed E-state index contributed by atoms with van der Waals surface area (Å²) in [5, 5.41) is 6.38. The molecule has 0 aliphatic heterocycles. The van der Waals surface area contributed by atoms with Gasteiger partial charge in [0, 0.05) is 10.9 Å². The molecule has 4 rings (SSSR count). The number of imide groups is 1. The van der Waals surface area contributed by atoms with E-state index in [0.29, 0.717) is 32.9 Å². The van der Waals surface area contributed by atoms with Gasteiger partial charge in [-0.05, 0) is 81.0 Å². The molecule has 0 fully saturated rings. The maximum absolute atomic E-state index is 13.3. The van der Waals surface area contributed by atoms with Gasteiger partial charge in [0.25, 0.3) is 5.91 Å². The number of hydrogen-bond acceptors (Lipinski definition) is 5.